The van der Waals surface area contributed by atoms with Crippen LogP contribution >= 0.6 is 0 Å². The molecule has 1 aromatic rings. The summed E-state index contributed by atoms with van der Waals surface area (Å²) in [4.78, 5) is 23.0. The summed E-state index contributed by atoms with van der Waals surface area (Å²) in [6.07, 6.45) is 5.44. The largest absolute Gasteiger partial charge is 0.368 e. The first-order chi connectivity index (χ1) is 10.6. The van der Waals surface area contributed by atoms with E-state index in [9.17, 15) is 14.0 Å². The van der Waals surface area contributed by atoms with Gasteiger partial charge in [0.25, 0.3) is 0 Å². The number of amides is 2. The van der Waals surface area contributed by atoms with Crippen LogP contribution in [0.1, 0.15) is 25.7 Å². The van der Waals surface area contributed by atoms with Gasteiger partial charge in [-0.2, -0.15) is 0 Å². The van der Waals surface area contributed by atoms with Crippen LogP contribution in [0.3, 0.4) is 0 Å². The summed E-state index contributed by atoms with van der Waals surface area (Å²) in [5.74, 6) is -1.41. The number of benzene rings is 1. The zero-order valence-corrected chi connectivity index (χ0v) is 12.2. The van der Waals surface area contributed by atoms with E-state index in [1.807, 2.05) is 0 Å². The SMILES string of the molecule is C=CC(=O)Nc1cc(NC(=O)COC2CCCC2)ccc1F. The Hall–Kier alpha value is -2.21. The van der Waals surface area contributed by atoms with Crippen LogP contribution in [-0.2, 0) is 14.3 Å². The molecule has 118 valence electrons. The van der Waals surface area contributed by atoms with Crippen molar-refractivity contribution in [3.63, 3.8) is 0 Å². The molecule has 0 heterocycles. The van der Waals surface area contributed by atoms with E-state index < -0.39 is 11.7 Å². The Morgan fingerprint density at radius 1 is 1.32 bits per heavy atom. The van der Waals surface area contributed by atoms with Gasteiger partial charge in [0.1, 0.15) is 12.4 Å². The molecule has 0 aliphatic heterocycles. The Morgan fingerprint density at radius 3 is 2.73 bits per heavy atom. The first-order valence-corrected chi connectivity index (χ1v) is 7.23. The van der Waals surface area contributed by atoms with Crippen molar-refractivity contribution in [2.24, 2.45) is 0 Å². The zero-order valence-electron chi connectivity index (χ0n) is 12.2. The summed E-state index contributed by atoms with van der Waals surface area (Å²) in [5, 5.41) is 4.95. The Bertz CT molecular complexity index is 569. The number of nitrogens with one attached hydrogen (secondary N) is 2. The predicted molar refractivity (Wildman–Crippen MR) is 82.1 cm³/mol. The van der Waals surface area contributed by atoms with Crippen LogP contribution in [0, 0.1) is 5.82 Å². The van der Waals surface area contributed by atoms with E-state index in [4.69, 9.17) is 4.74 Å². The van der Waals surface area contributed by atoms with Crippen molar-refractivity contribution >= 4 is 23.2 Å². The van der Waals surface area contributed by atoms with Gasteiger partial charge in [-0.05, 0) is 37.1 Å². The van der Waals surface area contributed by atoms with Crippen LogP contribution in [0.2, 0.25) is 0 Å². The Balaban J connectivity index is 1.90. The van der Waals surface area contributed by atoms with E-state index in [0.717, 1.165) is 31.8 Å². The van der Waals surface area contributed by atoms with Gasteiger partial charge in [-0.25, -0.2) is 4.39 Å². The first-order valence-electron chi connectivity index (χ1n) is 7.23. The molecule has 6 heteroatoms. The van der Waals surface area contributed by atoms with Gasteiger partial charge in [0.15, 0.2) is 0 Å². The molecule has 1 aromatic carbocycles. The summed E-state index contributed by atoms with van der Waals surface area (Å²) >= 11 is 0. The molecule has 1 aliphatic rings. The summed E-state index contributed by atoms with van der Waals surface area (Å²) in [6, 6.07) is 3.95. The molecular weight excluding hydrogens is 287 g/mol. The third-order valence-corrected chi connectivity index (χ3v) is 3.45. The highest BCUT2D eigenvalue weighted by Crippen LogP contribution is 2.22. The van der Waals surface area contributed by atoms with E-state index >= 15 is 0 Å². The third-order valence-electron chi connectivity index (χ3n) is 3.45. The second-order valence-electron chi connectivity index (χ2n) is 5.15. The molecule has 2 rings (SSSR count). The van der Waals surface area contributed by atoms with Crippen molar-refractivity contribution in [3.8, 4) is 0 Å². The lowest BCUT2D eigenvalue weighted by Crippen LogP contribution is -2.22. The average molecular weight is 306 g/mol. The summed E-state index contributed by atoms with van der Waals surface area (Å²) in [6.45, 7) is 3.27. The van der Waals surface area contributed by atoms with E-state index in [1.165, 1.54) is 18.2 Å². The average Bonchev–Trinajstić information content (AvgIpc) is 3.02. The molecule has 1 aliphatic carbocycles. The van der Waals surface area contributed by atoms with Crippen LogP contribution in [0.15, 0.2) is 30.9 Å². The van der Waals surface area contributed by atoms with Crippen molar-refractivity contribution in [1.29, 1.82) is 0 Å². The summed E-state index contributed by atoms with van der Waals surface area (Å²) in [7, 11) is 0. The molecule has 0 radical (unpaired) electrons. The van der Waals surface area contributed by atoms with Gasteiger partial charge in [-0.15, -0.1) is 0 Å². The first kappa shape index (κ1) is 16.2. The number of carbonyl (C=O) groups is 2. The maximum Gasteiger partial charge on any atom is 0.250 e. The fourth-order valence-corrected chi connectivity index (χ4v) is 2.33. The second kappa shape index (κ2) is 7.70. The Morgan fingerprint density at radius 2 is 2.05 bits per heavy atom. The molecular formula is C16H19FN2O3. The lowest BCUT2D eigenvalue weighted by molar-refractivity contribution is -0.122. The van der Waals surface area contributed by atoms with Crippen molar-refractivity contribution < 1.29 is 18.7 Å². The van der Waals surface area contributed by atoms with Gasteiger partial charge in [0.05, 0.1) is 11.8 Å². The van der Waals surface area contributed by atoms with Crippen molar-refractivity contribution in [2.45, 2.75) is 31.8 Å². The zero-order chi connectivity index (χ0) is 15.9. The topological polar surface area (TPSA) is 67.4 Å². The van der Waals surface area contributed by atoms with Crippen LogP contribution in [0.25, 0.3) is 0 Å². The van der Waals surface area contributed by atoms with Crippen molar-refractivity contribution in [2.75, 3.05) is 17.2 Å². The van der Waals surface area contributed by atoms with Gasteiger partial charge in [0.2, 0.25) is 11.8 Å². The lowest BCUT2D eigenvalue weighted by atomic mass is 10.2. The van der Waals surface area contributed by atoms with E-state index in [0.29, 0.717) is 5.69 Å². The molecule has 2 amide bonds. The molecule has 2 N–H and O–H groups in total. The highest BCUT2D eigenvalue weighted by atomic mass is 19.1. The third kappa shape index (κ3) is 4.66. The highest BCUT2D eigenvalue weighted by Gasteiger charge is 2.16. The maximum atomic E-state index is 13.6. The van der Waals surface area contributed by atoms with Crippen LogP contribution < -0.4 is 10.6 Å². The summed E-state index contributed by atoms with van der Waals surface area (Å²) in [5.41, 5.74) is 0.375. The van der Waals surface area contributed by atoms with E-state index in [-0.39, 0.29) is 24.3 Å². The number of hydrogen-bond acceptors (Lipinski definition) is 3. The standard InChI is InChI=1S/C16H19FN2O3/c1-2-15(20)19-14-9-11(7-8-13(14)17)18-16(21)10-22-12-5-3-4-6-12/h2,7-9,12H,1,3-6,10H2,(H,18,21)(H,19,20). The smallest absolute Gasteiger partial charge is 0.250 e. The van der Waals surface area contributed by atoms with Crippen LogP contribution in [-0.4, -0.2) is 24.5 Å². The molecule has 22 heavy (non-hydrogen) atoms. The molecule has 0 unspecified atom stereocenters. The van der Waals surface area contributed by atoms with Gasteiger partial charge < -0.3 is 15.4 Å². The normalized spacial score (nSPS) is 14.6. The quantitative estimate of drug-likeness (QED) is 0.794. The lowest BCUT2D eigenvalue weighted by Gasteiger charge is -2.12. The predicted octanol–water partition coefficient (Wildman–Crippen LogP) is 2.85. The number of ether oxygens (including phenoxy) is 1. The molecule has 0 saturated heterocycles. The highest BCUT2D eigenvalue weighted by molar-refractivity contribution is 5.99. The molecule has 0 atom stereocenters. The molecule has 1 saturated carbocycles. The minimum Gasteiger partial charge on any atom is -0.368 e. The monoisotopic (exact) mass is 306 g/mol. The van der Waals surface area contributed by atoms with Gasteiger partial charge in [0, 0.05) is 5.69 Å². The van der Waals surface area contributed by atoms with E-state index in [1.54, 1.807) is 0 Å². The number of hydrogen-bond donors (Lipinski definition) is 2. The number of halogens is 1. The molecule has 1 fully saturated rings. The van der Waals surface area contributed by atoms with Crippen LogP contribution in [0.4, 0.5) is 15.8 Å². The van der Waals surface area contributed by atoms with Gasteiger partial charge in [-0.3, -0.25) is 9.59 Å². The minimum atomic E-state index is -0.588. The molecule has 0 bridgehead atoms. The second-order valence-corrected chi connectivity index (χ2v) is 5.15. The number of anilines is 2. The minimum absolute atomic E-state index is 0.0144. The van der Waals surface area contributed by atoms with E-state index in [2.05, 4.69) is 17.2 Å². The number of carbonyl (C=O) groups excluding carboxylic acids is 2. The Labute approximate surface area is 128 Å². The van der Waals surface area contributed by atoms with Gasteiger partial charge in [-0.1, -0.05) is 19.4 Å². The van der Waals surface area contributed by atoms with Crippen molar-refractivity contribution in [3.05, 3.63) is 36.7 Å². The molecule has 0 spiro atoms. The molecule has 5 nitrogen and oxygen atoms in total. The fraction of sp³-hybridized carbons (Fsp3) is 0.375. The van der Waals surface area contributed by atoms with Crippen molar-refractivity contribution in [1.82, 2.24) is 0 Å². The van der Waals surface area contributed by atoms with Crippen LogP contribution in [0.5, 0.6) is 0 Å². The van der Waals surface area contributed by atoms with Gasteiger partial charge >= 0.3 is 0 Å². The summed E-state index contributed by atoms with van der Waals surface area (Å²) < 4.78 is 19.1. The Kier molecular flexibility index (Phi) is 5.66. The number of rotatable bonds is 6. The maximum absolute atomic E-state index is 13.6. The fourth-order valence-electron chi connectivity index (χ4n) is 2.33. The molecule has 0 aromatic heterocycles.